The molecule has 2 heterocycles. The van der Waals surface area contributed by atoms with Gasteiger partial charge in [-0.15, -0.1) is 0 Å². The topological polar surface area (TPSA) is 74.1 Å². The molecule has 0 spiro atoms. The highest BCUT2D eigenvalue weighted by Gasteiger charge is 2.36. The molecule has 1 atom stereocenters. The Bertz CT molecular complexity index is 1210. The summed E-state index contributed by atoms with van der Waals surface area (Å²) in [6.45, 7) is 3.00. The molecule has 0 N–H and O–H groups in total. The number of hydrogen-bond donors (Lipinski definition) is 0. The van der Waals surface area contributed by atoms with Crippen molar-refractivity contribution in [2.24, 2.45) is 0 Å². The normalized spacial score (nSPS) is 19.7. The van der Waals surface area contributed by atoms with Crippen molar-refractivity contribution in [1.29, 1.82) is 0 Å². The molecule has 3 aromatic carbocycles. The Hall–Kier alpha value is -2.94. The minimum atomic E-state index is -0.376. The van der Waals surface area contributed by atoms with E-state index in [-0.39, 0.29) is 16.7 Å². The van der Waals surface area contributed by atoms with E-state index in [4.69, 9.17) is 14.2 Å². The second kappa shape index (κ2) is 8.90. The van der Waals surface area contributed by atoms with Crippen LogP contribution in [0.2, 0.25) is 0 Å². The summed E-state index contributed by atoms with van der Waals surface area (Å²) < 4.78 is 18.6. The number of rotatable bonds is 5. The summed E-state index contributed by atoms with van der Waals surface area (Å²) >= 11 is 3.65. The molecule has 8 heteroatoms. The first-order chi connectivity index (χ1) is 15.6. The van der Waals surface area contributed by atoms with Gasteiger partial charge in [-0.25, -0.2) is 0 Å². The van der Waals surface area contributed by atoms with E-state index < -0.39 is 0 Å². The zero-order valence-corrected chi connectivity index (χ0v) is 18.8. The van der Waals surface area contributed by atoms with Gasteiger partial charge >= 0.3 is 0 Å². The van der Waals surface area contributed by atoms with Gasteiger partial charge in [0.25, 0.3) is 5.69 Å². The Kier molecular flexibility index (Phi) is 5.82. The lowest BCUT2D eigenvalue weighted by Crippen LogP contribution is -2.39. The Morgan fingerprint density at radius 1 is 1.16 bits per heavy atom. The third-order valence-corrected chi connectivity index (χ3v) is 6.58. The molecule has 0 saturated carbocycles. The number of fused-ring (bicyclic) bond motifs is 2. The standard InChI is InChI=1S/C24H21BrN2O5/c25-23-18-4-2-1-3-16(18)5-7-21(23)31-12-9-22-24(26-10-13-30-14-11-26)19-15-17(27(28)29)6-8-20(19)32-22/h1-9,15,24H,10-14H2/b22-9-/t24-/m0/s1. The van der Waals surface area contributed by atoms with Crippen LogP contribution in [0.3, 0.4) is 0 Å². The second-order valence-corrected chi connectivity index (χ2v) is 8.44. The lowest BCUT2D eigenvalue weighted by Gasteiger charge is -2.32. The number of nitro benzene ring substituents is 1. The summed E-state index contributed by atoms with van der Waals surface area (Å²) in [4.78, 5) is 13.2. The van der Waals surface area contributed by atoms with Crippen LogP contribution in [-0.2, 0) is 4.74 Å². The van der Waals surface area contributed by atoms with Gasteiger partial charge in [0.1, 0.15) is 23.9 Å². The van der Waals surface area contributed by atoms with Gasteiger partial charge in [-0.2, -0.15) is 0 Å². The third kappa shape index (κ3) is 3.97. The minimum absolute atomic E-state index is 0.0585. The Morgan fingerprint density at radius 2 is 1.97 bits per heavy atom. The fourth-order valence-electron chi connectivity index (χ4n) is 4.20. The van der Waals surface area contributed by atoms with Crippen LogP contribution < -0.4 is 9.47 Å². The van der Waals surface area contributed by atoms with Crippen molar-refractivity contribution in [3.8, 4) is 11.5 Å². The first kappa shape index (κ1) is 20.9. The fraction of sp³-hybridized carbons (Fsp3) is 0.250. The number of morpholine rings is 1. The first-order valence-corrected chi connectivity index (χ1v) is 11.2. The molecule has 1 fully saturated rings. The van der Waals surface area contributed by atoms with Gasteiger partial charge in [0.15, 0.2) is 0 Å². The molecule has 0 aliphatic carbocycles. The molecule has 164 valence electrons. The molecule has 0 aromatic heterocycles. The van der Waals surface area contributed by atoms with E-state index in [1.165, 1.54) is 6.07 Å². The number of nitro groups is 1. The predicted molar refractivity (Wildman–Crippen MR) is 124 cm³/mol. The Balaban J connectivity index is 1.41. The molecule has 0 unspecified atom stereocenters. The maximum absolute atomic E-state index is 11.3. The van der Waals surface area contributed by atoms with Crippen LogP contribution in [0.25, 0.3) is 10.8 Å². The van der Waals surface area contributed by atoms with Gasteiger partial charge in [-0.1, -0.05) is 30.3 Å². The van der Waals surface area contributed by atoms with E-state index in [9.17, 15) is 10.1 Å². The summed E-state index contributed by atoms with van der Waals surface area (Å²) in [5.74, 6) is 2.11. The predicted octanol–water partition coefficient (Wildman–Crippen LogP) is 5.24. The summed E-state index contributed by atoms with van der Waals surface area (Å²) in [5.41, 5.74) is 0.863. The van der Waals surface area contributed by atoms with Gasteiger partial charge in [0.05, 0.1) is 28.7 Å². The van der Waals surface area contributed by atoms with Crippen LogP contribution in [0.4, 0.5) is 5.69 Å². The minimum Gasteiger partial charge on any atom is -0.488 e. The third-order valence-electron chi connectivity index (χ3n) is 5.76. The molecule has 1 saturated heterocycles. The molecular formula is C24H21BrN2O5. The van der Waals surface area contributed by atoms with Crippen molar-refractivity contribution in [3.63, 3.8) is 0 Å². The summed E-state index contributed by atoms with van der Waals surface area (Å²) in [6.07, 6.45) is 1.91. The van der Waals surface area contributed by atoms with Crippen molar-refractivity contribution >= 4 is 32.4 Å². The van der Waals surface area contributed by atoms with Gasteiger partial charge in [0, 0.05) is 30.8 Å². The largest absolute Gasteiger partial charge is 0.488 e. The van der Waals surface area contributed by atoms with Crippen LogP contribution in [0, 0.1) is 10.1 Å². The number of halogens is 1. The maximum atomic E-state index is 11.3. The van der Waals surface area contributed by atoms with Crippen molar-refractivity contribution in [2.75, 3.05) is 32.9 Å². The highest BCUT2D eigenvalue weighted by Crippen LogP contribution is 2.44. The quantitative estimate of drug-likeness (QED) is 0.355. The van der Waals surface area contributed by atoms with Gasteiger partial charge in [0.2, 0.25) is 0 Å². The molecule has 0 bridgehead atoms. The molecule has 5 rings (SSSR count). The number of hydrogen-bond acceptors (Lipinski definition) is 6. The molecule has 0 amide bonds. The van der Waals surface area contributed by atoms with Crippen LogP contribution in [0.1, 0.15) is 11.6 Å². The first-order valence-electron chi connectivity index (χ1n) is 10.4. The van der Waals surface area contributed by atoms with Gasteiger partial charge < -0.3 is 14.2 Å². The van der Waals surface area contributed by atoms with E-state index in [1.54, 1.807) is 12.1 Å². The summed E-state index contributed by atoms with van der Waals surface area (Å²) in [7, 11) is 0. The highest BCUT2D eigenvalue weighted by molar-refractivity contribution is 9.10. The molecule has 3 aromatic rings. The van der Waals surface area contributed by atoms with Crippen LogP contribution in [0.5, 0.6) is 11.5 Å². The molecule has 7 nitrogen and oxygen atoms in total. The van der Waals surface area contributed by atoms with E-state index in [1.807, 2.05) is 36.4 Å². The van der Waals surface area contributed by atoms with E-state index in [2.05, 4.69) is 26.9 Å². The Labute approximate surface area is 193 Å². The van der Waals surface area contributed by atoms with Gasteiger partial charge in [-0.3, -0.25) is 15.0 Å². The Morgan fingerprint density at radius 3 is 2.78 bits per heavy atom. The lowest BCUT2D eigenvalue weighted by atomic mass is 10.0. The van der Waals surface area contributed by atoms with Crippen LogP contribution in [0.15, 0.2) is 70.9 Å². The summed E-state index contributed by atoms with van der Waals surface area (Å²) in [5, 5.41) is 13.5. The molecule has 32 heavy (non-hydrogen) atoms. The lowest BCUT2D eigenvalue weighted by molar-refractivity contribution is -0.384. The average Bonchev–Trinajstić information content (AvgIpc) is 3.18. The number of non-ortho nitro benzene ring substituents is 1. The van der Waals surface area contributed by atoms with E-state index in [0.717, 1.165) is 45.4 Å². The van der Waals surface area contributed by atoms with Crippen molar-refractivity contribution < 1.29 is 19.1 Å². The highest BCUT2D eigenvalue weighted by atomic mass is 79.9. The molecule has 2 aliphatic rings. The maximum Gasteiger partial charge on any atom is 0.270 e. The molecule has 0 radical (unpaired) electrons. The molecular weight excluding hydrogens is 476 g/mol. The second-order valence-electron chi connectivity index (χ2n) is 7.65. The van der Waals surface area contributed by atoms with Crippen molar-refractivity contribution in [3.05, 3.63) is 86.6 Å². The monoisotopic (exact) mass is 496 g/mol. The molecule has 2 aliphatic heterocycles. The van der Waals surface area contributed by atoms with Crippen molar-refractivity contribution in [2.45, 2.75) is 6.04 Å². The average molecular weight is 497 g/mol. The number of nitrogens with zero attached hydrogens (tertiary/aromatic N) is 2. The van der Waals surface area contributed by atoms with Crippen LogP contribution in [-0.4, -0.2) is 42.7 Å². The van der Waals surface area contributed by atoms with Gasteiger partial charge in [-0.05, 0) is 44.9 Å². The van der Waals surface area contributed by atoms with E-state index in [0.29, 0.717) is 25.6 Å². The zero-order valence-electron chi connectivity index (χ0n) is 17.2. The number of benzene rings is 3. The van der Waals surface area contributed by atoms with Crippen LogP contribution >= 0.6 is 15.9 Å². The fourth-order valence-corrected chi connectivity index (χ4v) is 4.80. The smallest absolute Gasteiger partial charge is 0.270 e. The zero-order chi connectivity index (χ0) is 22.1. The van der Waals surface area contributed by atoms with Crippen molar-refractivity contribution in [1.82, 2.24) is 4.90 Å². The van der Waals surface area contributed by atoms with E-state index >= 15 is 0 Å². The summed E-state index contributed by atoms with van der Waals surface area (Å²) in [6, 6.07) is 16.6. The SMILES string of the molecule is O=[N+]([O-])c1ccc2c(c1)[C@H](N1CCOCC1)/C(=C/COc1ccc3ccccc3c1Br)O2. The number of ether oxygens (including phenoxy) is 3.